The van der Waals surface area contributed by atoms with Gasteiger partial charge in [0.15, 0.2) is 0 Å². The highest BCUT2D eigenvalue weighted by Gasteiger charge is 2.17. The Labute approximate surface area is 157 Å². The smallest absolute Gasteiger partial charge is 0.255 e. The molecule has 0 fully saturated rings. The van der Waals surface area contributed by atoms with Gasteiger partial charge >= 0.3 is 0 Å². The highest BCUT2D eigenvalue weighted by Crippen LogP contribution is 2.28. The maximum absolute atomic E-state index is 12.6. The van der Waals surface area contributed by atoms with Gasteiger partial charge in [-0.3, -0.25) is 9.78 Å². The highest BCUT2D eigenvalue weighted by atomic mass is 16.5. The van der Waals surface area contributed by atoms with E-state index in [0.717, 1.165) is 22.6 Å². The molecule has 0 atom stereocenters. The Morgan fingerprint density at radius 3 is 2.85 bits per heavy atom. The molecule has 134 valence electrons. The fraction of sp³-hybridized carbons (Fsp3) is 0.0909. The van der Waals surface area contributed by atoms with Crippen LogP contribution in [-0.4, -0.2) is 17.5 Å². The van der Waals surface area contributed by atoms with Crippen molar-refractivity contribution in [3.63, 3.8) is 0 Å². The fourth-order valence-electron chi connectivity index (χ4n) is 2.83. The van der Waals surface area contributed by atoms with E-state index in [2.05, 4.69) is 10.3 Å². The molecule has 27 heavy (non-hydrogen) atoms. The summed E-state index contributed by atoms with van der Waals surface area (Å²) in [6, 6.07) is 16.8. The van der Waals surface area contributed by atoms with E-state index in [1.807, 2.05) is 67.6 Å². The number of para-hydroxylation sites is 1. The molecule has 1 amide bonds. The summed E-state index contributed by atoms with van der Waals surface area (Å²) < 4.78 is 11.5. The molecule has 1 aliphatic rings. The molecule has 0 unspecified atom stereocenters. The predicted molar refractivity (Wildman–Crippen MR) is 104 cm³/mol. The van der Waals surface area contributed by atoms with Crippen molar-refractivity contribution in [2.24, 2.45) is 0 Å². The van der Waals surface area contributed by atoms with Crippen LogP contribution in [0.1, 0.15) is 11.1 Å². The summed E-state index contributed by atoms with van der Waals surface area (Å²) >= 11 is 0. The number of hydrogen-bond acceptors (Lipinski definition) is 4. The van der Waals surface area contributed by atoms with Crippen LogP contribution in [0, 0.1) is 6.92 Å². The molecule has 5 heteroatoms. The number of rotatable bonds is 4. The van der Waals surface area contributed by atoms with Gasteiger partial charge in [0.05, 0.1) is 11.8 Å². The average molecular weight is 358 g/mol. The van der Waals surface area contributed by atoms with Gasteiger partial charge in [-0.25, -0.2) is 0 Å². The summed E-state index contributed by atoms with van der Waals surface area (Å²) in [5.41, 5.74) is 3.11. The van der Waals surface area contributed by atoms with Gasteiger partial charge in [0.2, 0.25) is 0 Å². The molecule has 0 saturated heterocycles. The molecular weight excluding hydrogens is 340 g/mol. The molecule has 1 N–H and O–H groups in total. The quantitative estimate of drug-likeness (QED) is 0.741. The maximum atomic E-state index is 12.6. The van der Waals surface area contributed by atoms with Crippen molar-refractivity contribution in [2.45, 2.75) is 6.92 Å². The van der Waals surface area contributed by atoms with Gasteiger partial charge in [-0.05, 0) is 55.0 Å². The number of nitrogens with one attached hydrogen (secondary N) is 1. The minimum absolute atomic E-state index is 0.176. The van der Waals surface area contributed by atoms with Crippen molar-refractivity contribution in [1.29, 1.82) is 0 Å². The lowest BCUT2D eigenvalue weighted by atomic mass is 10.1. The number of carbonyl (C=O) groups is 1. The van der Waals surface area contributed by atoms with E-state index >= 15 is 0 Å². The molecular formula is C22H18N2O3. The van der Waals surface area contributed by atoms with Crippen LogP contribution in [0.3, 0.4) is 0 Å². The van der Waals surface area contributed by atoms with E-state index in [1.165, 1.54) is 0 Å². The van der Waals surface area contributed by atoms with E-state index in [-0.39, 0.29) is 12.5 Å². The molecule has 0 aliphatic carbocycles. The monoisotopic (exact) mass is 358 g/mol. The van der Waals surface area contributed by atoms with E-state index in [0.29, 0.717) is 17.0 Å². The molecule has 0 radical (unpaired) electrons. The number of amides is 1. The number of benzene rings is 2. The van der Waals surface area contributed by atoms with E-state index in [1.54, 1.807) is 12.4 Å². The number of aromatic nitrogens is 1. The zero-order valence-corrected chi connectivity index (χ0v) is 14.8. The molecule has 5 nitrogen and oxygen atoms in total. The van der Waals surface area contributed by atoms with E-state index in [4.69, 9.17) is 9.47 Å². The Morgan fingerprint density at radius 2 is 2.04 bits per heavy atom. The Morgan fingerprint density at radius 1 is 1.15 bits per heavy atom. The van der Waals surface area contributed by atoms with Crippen molar-refractivity contribution in [1.82, 2.24) is 4.98 Å². The third kappa shape index (κ3) is 3.82. The lowest BCUT2D eigenvalue weighted by Gasteiger charge is -2.17. The standard InChI is InChI=1S/C22H18N2O3/c1-15-11-18(8-9-20(15)27-19-6-4-10-23-13-19)24-22(25)17-12-16-5-2-3-7-21(16)26-14-17/h2-13H,14H2,1H3,(H,24,25). The Balaban J connectivity index is 1.48. The van der Waals surface area contributed by atoms with Crippen LogP contribution in [0.15, 0.2) is 72.6 Å². The van der Waals surface area contributed by atoms with Crippen molar-refractivity contribution < 1.29 is 14.3 Å². The molecule has 1 aromatic heterocycles. The van der Waals surface area contributed by atoms with Crippen LogP contribution in [0.4, 0.5) is 5.69 Å². The van der Waals surface area contributed by atoms with Gasteiger partial charge in [0.25, 0.3) is 5.91 Å². The molecule has 0 bridgehead atoms. The van der Waals surface area contributed by atoms with Crippen molar-refractivity contribution in [2.75, 3.05) is 11.9 Å². The molecule has 2 aromatic carbocycles. The first-order chi connectivity index (χ1) is 13.2. The number of carbonyl (C=O) groups excluding carboxylic acids is 1. The van der Waals surface area contributed by atoms with Gasteiger partial charge in [-0.15, -0.1) is 0 Å². The highest BCUT2D eigenvalue weighted by molar-refractivity contribution is 6.07. The molecule has 0 spiro atoms. The summed E-state index contributed by atoms with van der Waals surface area (Å²) in [5.74, 6) is 2.00. The number of aryl methyl sites for hydroxylation is 1. The summed E-state index contributed by atoms with van der Waals surface area (Å²) in [4.78, 5) is 16.6. The first-order valence-corrected chi connectivity index (χ1v) is 8.61. The number of pyridine rings is 1. The van der Waals surface area contributed by atoms with Crippen LogP contribution in [0.25, 0.3) is 6.08 Å². The fourth-order valence-corrected chi connectivity index (χ4v) is 2.83. The average Bonchev–Trinajstić information content (AvgIpc) is 2.70. The molecule has 0 saturated carbocycles. The zero-order chi connectivity index (χ0) is 18.6. The lowest BCUT2D eigenvalue weighted by molar-refractivity contribution is -0.113. The second-order valence-electron chi connectivity index (χ2n) is 6.22. The third-order valence-electron chi connectivity index (χ3n) is 4.22. The number of hydrogen-bond donors (Lipinski definition) is 1. The summed E-state index contributed by atoms with van der Waals surface area (Å²) in [6.45, 7) is 2.19. The van der Waals surface area contributed by atoms with E-state index in [9.17, 15) is 4.79 Å². The van der Waals surface area contributed by atoms with E-state index < -0.39 is 0 Å². The minimum atomic E-state index is -0.176. The maximum Gasteiger partial charge on any atom is 0.255 e. The summed E-state index contributed by atoms with van der Waals surface area (Å²) in [5, 5.41) is 2.92. The number of nitrogens with zero attached hydrogens (tertiary/aromatic N) is 1. The molecule has 3 aromatic rings. The van der Waals surface area contributed by atoms with Crippen molar-refractivity contribution in [3.8, 4) is 17.2 Å². The van der Waals surface area contributed by atoms with Gasteiger partial charge in [-0.2, -0.15) is 0 Å². The van der Waals surface area contributed by atoms with Crippen LogP contribution < -0.4 is 14.8 Å². The number of ether oxygens (including phenoxy) is 2. The Kier molecular flexibility index (Phi) is 4.58. The van der Waals surface area contributed by atoms with Gasteiger partial charge in [0.1, 0.15) is 23.9 Å². The number of anilines is 1. The Bertz CT molecular complexity index is 1010. The SMILES string of the molecule is Cc1cc(NC(=O)C2=Cc3ccccc3OC2)ccc1Oc1cccnc1. The van der Waals surface area contributed by atoms with Gasteiger partial charge in [-0.1, -0.05) is 18.2 Å². The topological polar surface area (TPSA) is 60.5 Å². The van der Waals surface area contributed by atoms with Crippen LogP contribution in [0.2, 0.25) is 0 Å². The Hall–Kier alpha value is -3.60. The first-order valence-electron chi connectivity index (χ1n) is 8.61. The normalized spacial score (nSPS) is 12.4. The zero-order valence-electron chi connectivity index (χ0n) is 14.8. The second kappa shape index (κ2) is 7.33. The predicted octanol–water partition coefficient (Wildman–Crippen LogP) is 4.60. The molecule has 4 rings (SSSR count). The summed E-state index contributed by atoms with van der Waals surface area (Å²) in [7, 11) is 0. The molecule has 2 heterocycles. The van der Waals surface area contributed by atoms with Crippen molar-refractivity contribution in [3.05, 3.63) is 83.7 Å². The lowest BCUT2D eigenvalue weighted by Crippen LogP contribution is -2.21. The van der Waals surface area contributed by atoms with Crippen LogP contribution in [0.5, 0.6) is 17.2 Å². The number of fused-ring (bicyclic) bond motifs is 1. The summed E-state index contributed by atoms with van der Waals surface area (Å²) in [6.07, 6.45) is 5.21. The largest absolute Gasteiger partial charge is 0.488 e. The van der Waals surface area contributed by atoms with Crippen molar-refractivity contribution >= 4 is 17.7 Å². The third-order valence-corrected chi connectivity index (χ3v) is 4.22. The minimum Gasteiger partial charge on any atom is -0.488 e. The second-order valence-corrected chi connectivity index (χ2v) is 6.22. The van der Waals surface area contributed by atoms with Crippen LogP contribution in [-0.2, 0) is 4.79 Å². The van der Waals surface area contributed by atoms with Gasteiger partial charge in [0, 0.05) is 17.4 Å². The van der Waals surface area contributed by atoms with Gasteiger partial charge < -0.3 is 14.8 Å². The molecule has 1 aliphatic heterocycles. The first kappa shape index (κ1) is 16.8. The van der Waals surface area contributed by atoms with Crippen LogP contribution >= 0.6 is 0 Å².